The van der Waals surface area contributed by atoms with Crippen LogP contribution in [0.3, 0.4) is 0 Å². The largest absolute Gasteiger partial charge is 0.490 e. The third-order valence-corrected chi connectivity index (χ3v) is 8.92. The van der Waals surface area contributed by atoms with Crippen LogP contribution in [0.1, 0.15) is 18.1 Å². The molecule has 0 bridgehead atoms. The second-order valence-corrected chi connectivity index (χ2v) is 11.7. The Balaban J connectivity index is 1.80. The van der Waals surface area contributed by atoms with Crippen molar-refractivity contribution in [3.05, 3.63) is 27.7 Å². The molecule has 0 saturated carbocycles. The molecule has 1 aliphatic heterocycles. The number of nitrogens with two attached hydrogens (primary N) is 1. The molecule has 0 radical (unpaired) electrons. The van der Waals surface area contributed by atoms with Gasteiger partial charge in [0.1, 0.15) is 12.1 Å². The number of nitrogens with zero attached hydrogens (tertiary/aromatic N) is 5. The first-order chi connectivity index (χ1) is 15.2. The number of azide groups is 1. The van der Waals surface area contributed by atoms with Crippen molar-refractivity contribution in [1.29, 1.82) is 0 Å². The van der Waals surface area contributed by atoms with Crippen molar-refractivity contribution in [2.45, 2.75) is 24.4 Å². The van der Waals surface area contributed by atoms with E-state index in [0.29, 0.717) is 15.8 Å². The van der Waals surface area contributed by atoms with Crippen molar-refractivity contribution in [1.82, 2.24) is 9.97 Å². The molecule has 18 nitrogen and oxygen atoms in total. The minimum absolute atomic E-state index is 0.186. The highest BCUT2D eigenvalue weighted by molar-refractivity contribution is 7.66. The Hall–Kier alpha value is -1.52. The number of aliphatic hydroxyl groups excluding tert-OH is 1. The Bertz CT molecular complexity index is 1250. The highest BCUT2D eigenvalue weighted by Crippen LogP contribution is 2.66. The van der Waals surface area contributed by atoms with Crippen molar-refractivity contribution < 1.29 is 56.3 Å². The van der Waals surface area contributed by atoms with Crippen molar-refractivity contribution in [2.24, 2.45) is 5.11 Å². The minimum atomic E-state index is -5.77. The third-order valence-electron chi connectivity index (χ3n) is 4.12. The Morgan fingerprint density at radius 3 is 2.61 bits per heavy atom. The average molecular weight is 548 g/mol. The number of fused-ring (bicyclic) bond motifs is 1. The molecular formula is C11H15N6O12P3S. The summed E-state index contributed by atoms with van der Waals surface area (Å²) in [4.78, 5) is 46.4. The maximum atomic E-state index is 12.0. The van der Waals surface area contributed by atoms with Crippen LogP contribution in [0.2, 0.25) is 0 Å². The summed E-state index contributed by atoms with van der Waals surface area (Å²) in [5.41, 5.74) is 13.2. The van der Waals surface area contributed by atoms with Crippen LogP contribution in [0.15, 0.2) is 16.8 Å². The van der Waals surface area contributed by atoms with Crippen LogP contribution in [-0.2, 0) is 31.6 Å². The number of aromatic nitrogens is 2. The van der Waals surface area contributed by atoms with Gasteiger partial charge in [-0.25, -0.2) is 23.7 Å². The maximum absolute atomic E-state index is 12.0. The SMILES string of the molecule is [N-]=[N+]=NC1(COP(=O)(O)OP(=O)(O)OP(=O)(O)O)O[C@@H](c2csc3c(N)ncnc23)C[C@@H]1O. The summed E-state index contributed by atoms with van der Waals surface area (Å²) >= 11 is 1.18. The highest BCUT2D eigenvalue weighted by Gasteiger charge is 2.51. The van der Waals surface area contributed by atoms with Crippen LogP contribution >= 0.6 is 34.8 Å². The van der Waals surface area contributed by atoms with Gasteiger partial charge in [-0.2, -0.15) is 8.62 Å². The second kappa shape index (κ2) is 9.26. The number of rotatable bonds is 9. The molecule has 22 heteroatoms. The lowest BCUT2D eigenvalue weighted by Crippen LogP contribution is -2.41. The molecule has 1 saturated heterocycles. The maximum Gasteiger partial charge on any atom is 0.490 e. The number of hydrogen-bond acceptors (Lipinski definition) is 13. The zero-order chi connectivity index (χ0) is 24.7. The minimum Gasteiger partial charge on any atom is -0.390 e. The van der Waals surface area contributed by atoms with Gasteiger partial charge in [-0.3, -0.25) is 4.52 Å². The van der Waals surface area contributed by atoms with E-state index < -0.39 is 48.0 Å². The zero-order valence-electron chi connectivity index (χ0n) is 15.9. The first-order valence-corrected chi connectivity index (χ1v) is 13.7. The first-order valence-electron chi connectivity index (χ1n) is 8.35. The number of anilines is 1. The van der Waals surface area contributed by atoms with Gasteiger partial charge in [-0.05, 0) is 10.9 Å². The standard InChI is InChI=1S/C11H15N6O12P3S/c12-10-9-8(14-4-15-10)5(2-33-9)6-1-7(18)11(27-6,16-17-13)3-26-31(22,23)29-32(24,25)28-30(19,20)21/h2,4,6-7,18H,1,3H2,(H,22,23)(H,24,25)(H2,12,14,15)(H2,19,20,21)/t6-,7+,11?/m1/s1. The highest BCUT2D eigenvalue weighted by atomic mass is 32.1. The molecule has 5 atom stereocenters. The van der Waals surface area contributed by atoms with Gasteiger partial charge >= 0.3 is 23.5 Å². The lowest BCUT2D eigenvalue weighted by atomic mass is 10.0. The van der Waals surface area contributed by atoms with Gasteiger partial charge in [-0.15, -0.1) is 11.3 Å². The molecule has 3 unspecified atom stereocenters. The quantitative estimate of drug-likeness (QED) is 0.112. The van der Waals surface area contributed by atoms with Crippen LogP contribution in [-0.4, -0.2) is 53.1 Å². The summed E-state index contributed by atoms with van der Waals surface area (Å²) in [5, 5.41) is 15.4. The lowest BCUT2D eigenvalue weighted by Gasteiger charge is -2.27. The molecule has 0 aliphatic carbocycles. The summed E-state index contributed by atoms with van der Waals surface area (Å²) in [6.45, 7) is -1.17. The molecule has 2 aromatic rings. The molecule has 3 rings (SSSR count). The van der Waals surface area contributed by atoms with Crippen molar-refractivity contribution in [3.8, 4) is 0 Å². The Labute approximate surface area is 187 Å². The van der Waals surface area contributed by atoms with Gasteiger partial charge in [0.05, 0.1) is 29.0 Å². The van der Waals surface area contributed by atoms with E-state index in [4.69, 9.17) is 25.8 Å². The topological polar surface area (TPSA) is 290 Å². The number of nitrogen functional groups attached to an aromatic ring is 1. The predicted molar refractivity (Wildman–Crippen MR) is 108 cm³/mol. The van der Waals surface area contributed by atoms with Gasteiger partial charge in [-0.1, -0.05) is 5.11 Å². The summed E-state index contributed by atoms with van der Waals surface area (Å²) in [7, 11) is -16.9. The van der Waals surface area contributed by atoms with Gasteiger partial charge in [0, 0.05) is 16.9 Å². The molecular weight excluding hydrogens is 533 g/mol. The number of phosphoric acid groups is 3. The van der Waals surface area contributed by atoms with Crippen LogP contribution < -0.4 is 5.73 Å². The van der Waals surface area contributed by atoms with E-state index in [9.17, 15) is 28.6 Å². The number of ether oxygens (including phenoxy) is 1. The summed E-state index contributed by atoms with van der Waals surface area (Å²) in [5.74, 6) is 0.198. The van der Waals surface area contributed by atoms with Gasteiger partial charge < -0.3 is 35.2 Å². The lowest BCUT2D eigenvalue weighted by molar-refractivity contribution is -0.105. The molecule has 182 valence electrons. The molecule has 1 aliphatic rings. The fourth-order valence-corrected chi connectivity index (χ4v) is 6.88. The molecule has 3 heterocycles. The van der Waals surface area contributed by atoms with E-state index in [-0.39, 0.29) is 12.2 Å². The van der Waals surface area contributed by atoms with E-state index in [1.54, 1.807) is 5.38 Å². The van der Waals surface area contributed by atoms with Crippen molar-refractivity contribution in [3.63, 3.8) is 0 Å². The van der Waals surface area contributed by atoms with Crippen LogP contribution in [0.25, 0.3) is 20.7 Å². The Morgan fingerprint density at radius 2 is 1.97 bits per heavy atom. The Kier molecular flexibility index (Phi) is 7.32. The number of hydrogen-bond donors (Lipinski definition) is 6. The van der Waals surface area contributed by atoms with Crippen LogP contribution in [0.4, 0.5) is 5.82 Å². The zero-order valence-corrected chi connectivity index (χ0v) is 19.4. The number of phosphoric ester groups is 1. The van der Waals surface area contributed by atoms with E-state index >= 15 is 0 Å². The van der Waals surface area contributed by atoms with Crippen molar-refractivity contribution >= 4 is 50.8 Å². The number of thiophene rings is 1. The summed E-state index contributed by atoms with van der Waals surface area (Å²) < 4.78 is 52.0. The van der Waals surface area contributed by atoms with E-state index in [2.05, 4.69) is 33.1 Å². The Morgan fingerprint density at radius 1 is 1.27 bits per heavy atom. The molecule has 33 heavy (non-hydrogen) atoms. The van der Waals surface area contributed by atoms with E-state index in [1.807, 2.05) is 0 Å². The smallest absolute Gasteiger partial charge is 0.390 e. The summed E-state index contributed by atoms with van der Waals surface area (Å²) in [6, 6.07) is 0. The summed E-state index contributed by atoms with van der Waals surface area (Å²) in [6.07, 6.45) is -1.53. The molecule has 2 aromatic heterocycles. The second-order valence-electron chi connectivity index (χ2n) is 6.38. The molecule has 7 N–H and O–H groups in total. The normalized spacial score (nSPS) is 27.1. The average Bonchev–Trinajstić information content (AvgIpc) is 3.20. The molecule has 1 fully saturated rings. The third kappa shape index (κ3) is 6.14. The predicted octanol–water partition coefficient (Wildman–Crippen LogP) is 1.45. The van der Waals surface area contributed by atoms with E-state index in [0.717, 1.165) is 0 Å². The first kappa shape index (κ1) is 26.1. The van der Waals surface area contributed by atoms with Gasteiger partial charge in [0.25, 0.3) is 0 Å². The van der Waals surface area contributed by atoms with Crippen LogP contribution in [0.5, 0.6) is 0 Å². The number of aliphatic hydroxyl groups is 1. The van der Waals surface area contributed by atoms with Gasteiger partial charge in [0.2, 0.25) is 0 Å². The fourth-order valence-electron chi connectivity index (χ4n) is 2.87. The fraction of sp³-hybridized carbons (Fsp3) is 0.455. The monoisotopic (exact) mass is 548 g/mol. The molecule has 0 spiro atoms. The van der Waals surface area contributed by atoms with Crippen molar-refractivity contribution in [2.75, 3.05) is 12.3 Å². The van der Waals surface area contributed by atoms with Crippen LogP contribution in [0, 0.1) is 0 Å². The van der Waals surface area contributed by atoms with Gasteiger partial charge in [0.15, 0.2) is 5.72 Å². The molecule has 0 aromatic carbocycles. The molecule has 0 amide bonds. The van der Waals surface area contributed by atoms with E-state index in [1.165, 1.54) is 17.7 Å².